The summed E-state index contributed by atoms with van der Waals surface area (Å²) in [5.41, 5.74) is 0. The summed E-state index contributed by atoms with van der Waals surface area (Å²) in [4.78, 5) is 22.0. The largest absolute Gasteiger partial charge is 0.550 e. The van der Waals surface area contributed by atoms with Gasteiger partial charge in [0.2, 0.25) is 0 Å². The minimum absolute atomic E-state index is 0.217. The fraction of sp³-hybridized carbons (Fsp3) is 0.800. The third-order valence-electron chi connectivity index (χ3n) is 2.07. The van der Waals surface area contributed by atoms with Gasteiger partial charge in [-0.1, -0.05) is 13.8 Å². The van der Waals surface area contributed by atoms with Gasteiger partial charge in [0.15, 0.2) is 0 Å². The first-order valence-corrected chi connectivity index (χ1v) is 4.81. The molecular weight excluding hydrogens is 184 g/mol. The van der Waals surface area contributed by atoms with Gasteiger partial charge in [0.25, 0.3) is 0 Å². The third-order valence-corrected chi connectivity index (χ3v) is 2.07. The maximum Gasteiger partial charge on any atom is 0.309 e. The van der Waals surface area contributed by atoms with E-state index in [0.29, 0.717) is 6.42 Å². The quantitative estimate of drug-likeness (QED) is 0.602. The van der Waals surface area contributed by atoms with E-state index in [-0.39, 0.29) is 6.10 Å². The molecule has 0 rings (SSSR count). The molecule has 0 bridgehead atoms. The number of carboxylic acids is 1. The Bertz CT molecular complexity index is 210. The van der Waals surface area contributed by atoms with E-state index in [1.807, 2.05) is 0 Å². The van der Waals surface area contributed by atoms with Crippen LogP contribution >= 0.6 is 0 Å². The van der Waals surface area contributed by atoms with Crippen molar-refractivity contribution < 1.29 is 19.4 Å². The predicted octanol–water partition coefficient (Wildman–Crippen LogP) is 0.350. The van der Waals surface area contributed by atoms with Crippen LogP contribution in [0.1, 0.15) is 34.1 Å². The molecule has 14 heavy (non-hydrogen) atoms. The number of carboxylic acid groups (broad SMARTS) is 1. The molecule has 0 radical (unpaired) electrons. The summed E-state index contributed by atoms with van der Waals surface area (Å²) in [6, 6.07) is 0. The molecule has 0 spiro atoms. The van der Waals surface area contributed by atoms with Crippen molar-refractivity contribution in [3.63, 3.8) is 0 Å². The van der Waals surface area contributed by atoms with Crippen LogP contribution in [0.15, 0.2) is 0 Å². The van der Waals surface area contributed by atoms with E-state index in [0.717, 1.165) is 0 Å². The summed E-state index contributed by atoms with van der Waals surface area (Å²) in [6.07, 6.45) is 0.228. The highest BCUT2D eigenvalue weighted by atomic mass is 16.5. The zero-order chi connectivity index (χ0) is 11.3. The van der Waals surface area contributed by atoms with Gasteiger partial charge in [0.1, 0.15) is 0 Å². The normalized spacial score (nSPS) is 14.9. The highest BCUT2D eigenvalue weighted by Gasteiger charge is 2.26. The summed E-state index contributed by atoms with van der Waals surface area (Å²) in [5.74, 6) is -3.08. The first-order valence-electron chi connectivity index (χ1n) is 4.81. The Morgan fingerprint density at radius 2 is 1.79 bits per heavy atom. The lowest BCUT2D eigenvalue weighted by molar-refractivity contribution is -0.312. The number of esters is 1. The lowest BCUT2D eigenvalue weighted by Crippen LogP contribution is -2.38. The number of ether oxygens (including phenoxy) is 1. The molecule has 0 aliphatic carbocycles. The highest BCUT2D eigenvalue weighted by molar-refractivity contribution is 5.79. The van der Waals surface area contributed by atoms with Gasteiger partial charge in [-0.3, -0.25) is 4.79 Å². The molecule has 2 atom stereocenters. The van der Waals surface area contributed by atoms with Crippen LogP contribution in [0.5, 0.6) is 0 Å². The van der Waals surface area contributed by atoms with Crippen LogP contribution in [0.2, 0.25) is 0 Å². The molecular formula is C10H17O4-. The van der Waals surface area contributed by atoms with Crippen molar-refractivity contribution in [1.29, 1.82) is 0 Å². The molecule has 4 heteroatoms. The van der Waals surface area contributed by atoms with Crippen molar-refractivity contribution >= 4 is 11.9 Å². The number of aliphatic carboxylic acids is 1. The standard InChI is InChI=1S/C10H18O4/c1-5-8(7(4)9(11)12)10(13)14-6(2)3/h6-8H,5H2,1-4H3,(H,11,12)/p-1. The minimum atomic E-state index is -1.21. The Morgan fingerprint density at radius 1 is 1.29 bits per heavy atom. The molecule has 0 aromatic heterocycles. The van der Waals surface area contributed by atoms with E-state index < -0.39 is 23.8 Å². The molecule has 0 N–H and O–H groups in total. The number of hydrogen-bond donors (Lipinski definition) is 0. The highest BCUT2D eigenvalue weighted by Crippen LogP contribution is 2.17. The fourth-order valence-electron chi connectivity index (χ4n) is 1.21. The van der Waals surface area contributed by atoms with Crippen LogP contribution in [0.25, 0.3) is 0 Å². The van der Waals surface area contributed by atoms with E-state index in [4.69, 9.17) is 4.74 Å². The number of carbonyl (C=O) groups is 2. The van der Waals surface area contributed by atoms with Gasteiger partial charge in [-0.25, -0.2) is 0 Å². The molecule has 82 valence electrons. The number of carbonyl (C=O) groups excluding carboxylic acids is 2. The van der Waals surface area contributed by atoms with Crippen molar-refractivity contribution in [1.82, 2.24) is 0 Å². The molecule has 2 unspecified atom stereocenters. The second-order valence-electron chi connectivity index (χ2n) is 3.61. The van der Waals surface area contributed by atoms with Crippen LogP contribution < -0.4 is 5.11 Å². The summed E-state index contributed by atoms with van der Waals surface area (Å²) in [5, 5.41) is 10.6. The van der Waals surface area contributed by atoms with Gasteiger partial charge < -0.3 is 14.6 Å². The summed E-state index contributed by atoms with van der Waals surface area (Å²) < 4.78 is 4.94. The maximum absolute atomic E-state index is 11.4. The van der Waals surface area contributed by atoms with Crippen molar-refractivity contribution in [2.75, 3.05) is 0 Å². The van der Waals surface area contributed by atoms with Gasteiger partial charge in [-0.15, -0.1) is 0 Å². The molecule has 0 saturated heterocycles. The van der Waals surface area contributed by atoms with E-state index in [1.165, 1.54) is 6.92 Å². The first kappa shape index (κ1) is 12.9. The molecule has 0 aromatic rings. The van der Waals surface area contributed by atoms with Gasteiger partial charge in [-0.05, 0) is 20.3 Å². The average molecular weight is 201 g/mol. The Kier molecular flexibility index (Phi) is 5.20. The van der Waals surface area contributed by atoms with Crippen LogP contribution in [-0.4, -0.2) is 18.0 Å². The zero-order valence-electron chi connectivity index (χ0n) is 9.07. The van der Waals surface area contributed by atoms with Gasteiger partial charge in [0.05, 0.1) is 12.0 Å². The fourth-order valence-corrected chi connectivity index (χ4v) is 1.21. The van der Waals surface area contributed by atoms with Crippen LogP contribution in [0, 0.1) is 11.8 Å². The Balaban J connectivity index is 4.40. The summed E-state index contributed by atoms with van der Waals surface area (Å²) in [7, 11) is 0. The number of hydrogen-bond acceptors (Lipinski definition) is 4. The molecule has 0 aliphatic heterocycles. The minimum Gasteiger partial charge on any atom is -0.550 e. The second-order valence-corrected chi connectivity index (χ2v) is 3.61. The molecule has 0 fully saturated rings. The molecule has 4 nitrogen and oxygen atoms in total. The Labute approximate surface area is 84.3 Å². The first-order chi connectivity index (χ1) is 6.40. The van der Waals surface area contributed by atoms with E-state index in [1.54, 1.807) is 20.8 Å². The lowest BCUT2D eigenvalue weighted by atomic mass is 9.92. The van der Waals surface area contributed by atoms with Crippen molar-refractivity contribution in [2.45, 2.75) is 40.2 Å². The van der Waals surface area contributed by atoms with Crippen LogP contribution in [0.4, 0.5) is 0 Å². The number of rotatable bonds is 5. The molecule has 0 aliphatic rings. The average Bonchev–Trinajstić information content (AvgIpc) is 2.03. The lowest BCUT2D eigenvalue weighted by Gasteiger charge is -2.22. The van der Waals surface area contributed by atoms with Gasteiger partial charge in [0, 0.05) is 11.9 Å². The van der Waals surface area contributed by atoms with Gasteiger partial charge >= 0.3 is 5.97 Å². The van der Waals surface area contributed by atoms with Crippen molar-refractivity contribution in [3.8, 4) is 0 Å². The predicted molar refractivity (Wildman–Crippen MR) is 49.2 cm³/mol. The smallest absolute Gasteiger partial charge is 0.309 e. The SMILES string of the molecule is CCC(C(=O)OC(C)C)C(C)C(=O)[O-]. The molecule has 0 saturated carbocycles. The zero-order valence-corrected chi connectivity index (χ0v) is 9.07. The molecule has 0 aromatic carbocycles. The van der Waals surface area contributed by atoms with Crippen molar-refractivity contribution in [2.24, 2.45) is 11.8 Å². The van der Waals surface area contributed by atoms with E-state index >= 15 is 0 Å². The molecule has 0 amide bonds. The maximum atomic E-state index is 11.4. The summed E-state index contributed by atoms with van der Waals surface area (Å²) in [6.45, 7) is 6.68. The Hall–Kier alpha value is -1.06. The second kappa shape index (κ2) is 5.62. The van der Waals surface area contributed by atoms with Crippen molar-refractivity contribution in [3.05, 3.63) is 0 Å². The molecule has 0 heterocycles. The monoisotopic (exact) mass is 201 g/mol. The van der Waals surface area contributed by atoms with Crippen LogP contribution in [-0.2, 0) is 14.3 Å². The van der Waals surface area contributed by atoms with E-state index in [9.17, 15) is 14.7 Å². The van der Waals surface area contributed by atoms with Gasteiger partial charge in [-0.2, -0.15) is 0 Å². The van der Waals surface area contributed by atoms with E-state index in [2.05, 4.69) is 0 Å². The topological polar surface area (TPSA) is 66.4 Å². The van der Waals surface area contributed by atoms with Crippen LogP contribution in [0.3, 0.4) is 0 Å². The summed E-state index contributed by atoms with van der Waals surface area (Å²) >= 11 is 0. The Morgan fingerprint density at radius 3 is 2.07 bits per heavy atom. The third kappa shape index (κ3) is 3.77.